The maximum atomic E-state index is 11.1. The summed E-state index contributed by atoms with van der Waals surface area (Å²) in [5.41, 5.74) is 0.0844. The molecule has 1 fully saturated rings. The molecule has 0 aliphatic heterocycles. The summed E-state index contributed by atoms with van der Waals surface area (Å²) in [5.74, 6) is -0.776. The van der Waals surface area contributed by atoms with Crippen molar-refractivity contribution in [2.45, 2.75) is 16.7 Å². The van der Waals surface area contributed by atoms with Crippen molar-refractivity contribution in [1.29, 1.82) is 0 Å². The van der Waals surface area contributed by atoms with Crippen molar-refractivity contribution in [3.8, 4) is 0 Å². The Labute approximate surface area is 95.0 Å². The number of carboxylic acids is 1. The molecular weight excluding hydrogens is 267 g/mol. The van der Waals surface area contributed by atoms with Crippen molar-refractivity contribution >= 4 is 33.5 Å². The highest BCUT2D eigenvalue weighted by Gasteiger charge is 2.60. The quantitative estimate of drug-likeness (QED) is 0.843. The van der Waals surface area contributed by atoms with Gasteiger partial charge in [-0.15, -0.1) is 0 Å². The number of aliphatic carboxylic acids is 1. The summed E-state index contributed by atoms with van der Waals surface area (Å²) in [6.45, 7) is 0. The Morgan fingerprint density at radius 1 is 1.50 bits per heavy atom. The molecule has 2 nitrogen and oxygen atoms in total. The van der Waals surface area contributed by atoms with Crippen LogP contribution in [0.15, 0.2) is 24.3 Å². The number of alkyl halides is 1. The normalized spacial score (nSPS) is 30.0. The van der Waals surface area contributed by atoms with E-state index in [1.165, 1.54) is 0 Å². The van der Waals surface area contributed by atoms with Gasteiger partial charge in [0.05, 0.1) is 0 Å². The van der Waals surface area contributed by atoms with Crippen molar-refractivity contribution in [3.63, 3.8) is 0 Å². The van der Waals surface area contributed by atoms with Crippen LogP contribution in [0.25, 0.3) is 0 Å². The maximum Gasteiger partial charge on any atom is 0.315 e. The minimum Gasteiger partial charge on any atom is -0.481 e. The number of rotatable bonds is 2. The first-order valence-corrected chi connectivity index (χ1v) is 5.50. The fourth-order valence-corrected chi connectivity index (χ4v) is 2.71. The first-order chi connectivity index (χ1) is 6.57. The summed E-state index contributed by atoms with van der Waals surface area (Å²) in [5, 5.41) is 9.76. The largest absolute Gasteiger partial charge is 0.481 e. The average molecular weight is 276 g/mol. The molecule has 1 aromatic carbocycles. The van der Waals surface area contributed by atoms with Gasteiger partial charge in [-0.05, 0) is 24.1 Å². The zero-order chi connectivity index (χ0) is 10.3. The van der Waals surface area contributed by atoms with E-state index >= 15 is 0 Å². The minimum atomic E-state index is -0.776. The van der Waals surface area contributed by atoms with Crippen LogP contribution in [0.2, 0.25) is 5.02 Å². The Morgan fingerprint density at radius 2 is 2.00 bits per heavy atom. The van der Waals surface area contributed by atoms with E-state index in [4.69, 9.17) is 16.7 Å². The minimum absolute atomic E-state index is 0.0358. The van der Waals surface area contributed by atoms with Gasteiger partial charge in [0.2, 0.25) is 0 Å². The number of carbonyl (C=O) groups is 1. The van der Waals surface area contributed by atoms with E-state index in [1.54, 1.807) is 24.3 Å². The third kappa shape index (κ3) is 1.35. The highest BCUT2D eigenvalue weighted by atomic mass is 79.9. The Kier molecular flexibility index (Phi) is 2.32. The van der Waals surface area contributed by atoms with Crippen LogP contribution in [0.4, 0.5) is 0 Å². The molecule has 4 heteroatoms. The molecule has 0 aromatic heterocycles. The van der Waals surface area contributed by atoms with Crippen molar-refractivity contribution in [2.24, 2.45) is 0 Å². The molecule has 1 aromatic rings. The molecule has 0 bridgehead atoms. The maximum absolute atomic E-state index is 11.1. The summed E-state index contributed by atoms with van der Waals surface area (Å²) in [4.78, 5) is 11.2. The fourth-order valence-electron chi connectivity index (χ4n) is 1.61. The number of carboxylic acid groups (broad SMARTS) is 1. The van der Waals surface area contributed by atoms with Crippen molar-refractivity contribution in [1.82, 2.24) is 0 Å². The van der Waals surface area contributed by atoms with Crippen LogP contribution in [-0.4, -0.2) is 15.9 Å². The molecule has 0 spiro atoms. The Balaban J connectivity index is 2.39. The molecule has 14 heavy (non-hydrogen) atoms. The molecular formula is C10H8BrClO2. The molecule has 1 aliphatic rings. The van der Waals surface area contributed by atoms with Crippen LogP contribution in [0.5, 0.6) is 0 Å². The van der Waals surface area contributed by atoms with Crippen molar-refractivity contribution in [3.05, 3.63) is 34.9 Å². The zero-order valence-corrected chi connectivity index (χ0v) is 9.55. The second-order valence-electron chi connectivity index (χ2n) is 3.46. The van der Waals surface area contributed by atoms with Crippen LogP contribution in [0.1, 0.15) is 12.0 Å². The Morgan fingerprint density at radius 3 is 2.36 bits per heavy atom. The van der Waals surface area contributed by atoms with E-state index in [2.05, 4.69) is 15.9 Å². The van der Waals surface area contributed by atoms with Gasteiger partial charge in [0.25, 0.3) is 0 Å². The molecule has 0 amide bonds. The third-order valence-electron chi connectivity index (χ3n) is 2.62. The standard InChI is InChI=1S/C10H8BrClO2/c11-8-5-10(8,9(13)14)6-1-3-7(12)4-2-6/h1-4,8H,5H2,(H,13,14). The first kappa shape index (κ1) is 9.99. The predicted octanol–water partition coefficient (Wildman–Crippen LogP) is 2.83. The van der Waals surface area contributed by atoms with E-state index in [0.29, 0.717) is 11.4 Å². The molecule has 2 atom stereocenters. The van der Waals surface area contributed by atoms with E-state index in [1.807, 2.05) is 0 Å². The molecule has 0 saturated heterocycles. The van der Waals surface area contributed by atoms with Crippen LogP contribution < -0.4 is 0 Å². The second kappa shape index (κ2) is 3.24. The van der Waals surface area contributed by atoms with Gasteiger partial charge in [-0.2, -0.15) is 0 Å². The summed E-state index contributed by atoms with van der Waals surface area (Å²) < 4.78 is 0. The second-order valence-corrected chi connectivity index (χ2v) is 5.00. The van der Waals surface area contributed by atoms with Gasteiger partial charge < -0.3 is 5.11 Å². The highest BCUT2D eigenvalue weighted by Crippen LogP contribution is 2.53. The van der Waals surface area contributed by atoms with Gasteiger partial charge in [0.15, 0.2) is 0 Å². The molecule has 74 valence electrons. The number of hydrogen-bond acceptors (Lipinski definition) is 1. The van der Waals surface area contributed by atoms with E-state index in [0.717, 1.165) is 5.56 Å². The summed E-state index contributed by atoms with van der Waals surface area (Å²) in [6, 6.07) is 6.99. The first-order valence-electron chi connectivity index (χ1n) is 4.21. The SMILES string of the molecule is O=C(O)C1(c2ccc(Cl)cc2)CC1Br. The van der Waals surface area contributed by atoms with Crippen molar-refractivity contribution in [2.75, 3.05) is 0 Å². The zero-order valence-electron chi connectivity index (χ0n) is 7.21. The van der Waals surface area contributed by atoms with Crippen LogP contribution in [0, 0.1) is 0 Å². The van der Waals surface area contributed by atoms with Gasteiger partial charge in [-0.25, -0.2) is 0 Å². The topological polar surface area (TPSA) is 37.3 Å². The molecule has 0 radical (unpaired) electrons. The molecule has 2 unspecified atom stereocenters. The molecule has 1 saturated carbocycles. The van der Waals surface area contributed by atoms with E-state index in [9.17, 15) is 4.79 Å². The van der Waals surface area contributed by atoms with Crippen LogP contribution in [-0.2, 0) is 10.2 Å². The molecule has 0 heterocycles. The number of hydrogen-bond donors (Lipinski definition) is 1. The van der Waals surface area contributed by atoms with E-state index in [-0.39, 0.29) is 4.83 Å². The smallest absolute Gasteiger partial charge is 0.315 e. The Hall–Kier alpha value is -0.540. The molecule has 1 N–H and O–H groups in total. The lowest BCUT2D eigenvalue weighted by molar-refractivity contribution is -0.139. The predicted molar refractivity (Wildman–Crippen MR) is 58.1 cm³/mol. The lowest BCUT2D eigenvalue weighted by Gasteiger charge is -2.10. The van der Waals surface area contributed by atoms with Gasteiger partial charge in [0, 0.05) is 9.85 Å². The summed E-state index contributed by atoms with van der Waals surface area (Å²) in [7, 11) is 0. The lowest BCUT2D eigenvalue weighted by atomic mass is 9.96. The summed E-state index contributed by atoms with van der Waals surface area (Å²) >= 11 is 9.09. The monoisotopic (exact) mass is 274 g/mol. The number of benzene rings is 1. The van der Waals surface area contributed by atoms with Crippen LogP contribution in [0.3, 0.4) is 0 Å². The van der Waals surface area contributed by atoms with Gasteiger partial charge in [-0.3, -0.25) is 4.79 Å². The summed E-state index contributed by atoms with van der Waals surface area (Å²) in [6.07, 6.45) is 0.643. The highest BCUT2D eigenvalue weighted by molar-refractivity contribution is 9.09. The van der Waals surface area contributed by atoms with E-state index < -0.39 is 11.4 Å². The van der Waals surface area contributed by atoms with Gasteiger partial charge >= 0.3 is 5.97 Å². The van der Waals surface area contributed by atoms with Crippen molar-refractivity contribution < 1.29 is 9.90 Å². The molecule has 1 aliphatic carbocycles. The number of halogens is 2. The average Bonchev–Trinajstić information content (AvgIpc) is 2.80. The Bertz CT molecular complexity index is 376. The van der Waals surface area contributed by atoms with Gasteiger partial charge in [-0.1, -0.05) is 39.7 Å². The third-order valence-corrected chi connectivity index (χ3v) is 3.97. The molecule has 2 rings (SSSR count). The lowest BCUT2D eigenvalue weighted by Crippen LogP contribution is -2.22. The fraction of sp³-hybridized carbons (Fsp3) is 0.300. The van der Waals surface area contributed by atoms with Gasteiger partial charge in [0.1, 0.15) is 5.41 Å². The van der Waals surface area contributed by atoms with Crippen LogP contribution >= 0.6 is 27.5 Å².